The minimum absolute atomic E-state index is 0.158. The number of nitrogens with zero attached hydrogens (tertiary/aromatic N) is 1. The summed E-state index contributed by atoms with van der Waals surface area (Å²) >= 11 is 3.57. The van der Waals surface area contributed by atoms with E-state index in [0.29, 0.717) is 17.8 Å². The van der Waals surface area contributed by atoms with E-state index in [1.165, 1.54) is 11.0 Å². The van der Waals surface area contributed by atoms with Gasteiger partial charge in [0.2, 0.25) is 0 Å². The third kappa shape index (κ3) is 2.09. The molecule has 3 aromatic carbocycles. The number of carbonyl (C=O) groups excluding carboxylic acids is 1. The first-order valence-corrected chi connectivity index (χ1v) is 8.14. The van der Waals surface area contributed by atoms with Crippen molar-refractivity contribution >= 4 is 38.3 Å². The standard InChI is InChI=1S/C19H13BrFNO/c1-11-5-4-6-12-14-10-22(17-8-3-2-7-16(17)21)19(23)13(14)9-15(20)18(11)12/h2-9H,10H2,1H3. The highest BCUT2D eigenvalue weighted by Crippen LogP contribution is 2.38. The third-order valence-corrected chi connectivity index (χ3v) is 4.99. The molecule has 1 amide bonds. The van der Waals surface area contributed by atoms with Crippen molar-refractivity contribution in [2.24, 2.45) is 0 Å². The molecule has 0 atom stereocenters. The molecule has 1 heterocycles. The molecule has 3 aromatic rings. The van der Waals surface area contributed by atoms with Crippen LogP contribution < -0.4 is 4.90 Å². The minimum Gasteiger partial charge on any atom is -0.301 e. The molecule has 1 aliphatic heterocycles. The zero-order valence-corrected chi connectivity index (χ0v) is 14.0. The Balaban J connectivity index is 1.94. The second kappa shape index (κ2) is 5.17. The van der Waals surface area contributed by atoms with Crippen LogP contribution in [-0.2, 0) is 6.54 Å². The lowest BCUT2D eigenvalue weighted by Crippen LogP contribution is -2.23. The van der Waals surface area contributed by atoms with Crippen LogP contribution in [0.1, 0.15) is 21.5 Å². The van der Waals surface area contributed by atoms with Crippen LogP contribution in [0.25, 0.3) is 10.8 Å². The molecule has 0 fully saturated rings. The Kier molecular flexibility index (Phi) is 3.23. The SMILES string of the molecule is Cc1cccc2c3c(cc(Br)c12)C(=O)N(c1ccccc1F)C3. The van der Waals surface area contributed by atoms with Gasteiger partial charge in [-0.15, -0.1) is 0 Å². The molecule has 1 aliphatic rings. The fraction of sp³-hybridized carbons (Fsp3) is 0.105. The fourth-order valence-corrected chi connectivity index (χ4v) is 4.02. The molecule has 4 rings (SSSR count). The van der Waals surface area contributed by atoms with E-state index in [1.807, 2.05) is 31.2 Å². The first-order chi connectivity index (χ1) is 11.1. The predicted molar refractivity (Wildman–Crippen MR) is 93.3 cm³/mol. The number of amides is 1. The number of hydrogen-bond acceptors (Lipinski definition) is 1. The van der Waals surface area contributed by atoms with Gasteiger partial charge < -0.3 is 4.90 Å². The summed E-state index contributed by atoms with van der Waals surface area (Å²) in [4.78, 5) is 14.3. The van der Waals surface area contributed by atoms with Crippen LogP contribution in [0.5, 0.6) is 0 Å². The van der Waals surface area contributed by atoms with Crippen LogP contribution in [0.3, 0.4) is 0 Å². The van der Waals surface area contributed by atoms with Crippen molar-refractivity contribution in [3.8, 4) is 0 Å². The fourth-order valence-electron chi connectivity index (χ4n) is 3.27. The lowest BCUT2D eigenvalue weighted by atomic mass is 9.98. The topological polar surface area (TPSA) is 20.3 Å². The quantitative estimate of drug-likeness (QED) is 0.576. The van der Waals surface area contributed by atoms with Crippen molar-refractivity contribution in [2.75, 3.05) is 4.90 Å². The monoisotopic (exact) mass is 369 g/mol. The molecule has 0 radical (unpaired) electrons. The van der Waals surface area contributed by atoms with Crippen molar-refractivity contribution in [1.82, 2.24) is 0 Å². The minimum atomic E-state index is -0.381. The van der Waals surface area contributed by atoms with E-state index in [4.69, 9.17) is 0 Å². The Bertz CT molecular complexity index is 967. The third-order valence-electron chi connectivity index (χ3n) is 4.37. The number of para-hydroxylation sites is 1. The van der Waals surface area contributed by atoms with Crippen LogP contribution >= 0.6 is 15.9 Å². The second-order valence-corrected chi connectivity index (χ2v) is 6.58. The van der Waals surface area contributed by atoms with Gasteiger partial charge in [-0.25, -0.2) is 4.39 Å². The van der Waals surface area contributed by atoms with E-state index >= 15 is 0 Å². The van der Waals surface area contributed by atoms with E-state index in [9.17, 15) is 9.18 Å². The summed E-state index contributed by atoms with van der Waals surface area (Å²) in [6, 6.07) is 14.3. The van der Waals surface area contributed by atoms with Crippen LogP contribution in [0.2, 0.25) is 0 Å². The van der Waals surface area contributed by atoms with Crippen molar-refractivity contribution in [3.63, 3.8) is 0 Å². The Morgan fingerprint density at radius 2 is 1.91 bits per heavy atom. The molecule has 0 unspecified atom stereocenters. The van der Waals surface area contributed by atoms with Gasteiger partial charge in [0.1, 0.15) is 5.82 Å². The van der Waals surface area contributed by atoms with Crippen LogP contribution in [0.4, 0.5) is 10.1 Å². The molecule has 0 spiro atoms. The van der Waals surface area contributed by atoms with Crippen LogP contribution in [0, 0.1) is 12.7 Å². The molecule has 4 heteroatoms. The van der Waals surface area contributed by atoms with Gasteiger partial charge in [-0.3, -0.25) is 4.79 Å². The number of carbonyl (C=O) groups is 1. The largest absolute Gasteiger partial charge is 0.301 e. The molecule has 0 saturated carbocycles. The summed E-state index contributed by atoms with van der Waals surface area (Å²) in [5, 5.41) is 2.15. The summed E-state index contributed by atoms with van der Waals surface area (Å²) in [6.45, 7) is 2.44. The van der Waals surface area contributed by atoms with Gasteiger partial charge in [-0.05, 0) is 47.0 Å². The molecule has 0 aromatic heterocycles. The molecule has 0 N–H and O–H groups in total. The van der Waals surface area contributed by atoms with Crippen molar-refractivity contribution in [1.29, 1.82) is 0 Å². The van der Waals surface area contributed by atoms with Crippen molar-refractivity contribution < 1.29 is 9.18 Å². The molecule has 0 bridgehead atoms. The van der Waals surface area contributed by atoms with E-state index in [2.05, 4.69) is 15.9 Å². The highest BCUT2D eigenvalue weighted by atomic mass is 79.9. The average molecular weight is 370 g/mol. The summed E-state index contributed by atoms with van der Waals surface area (Å²) < 4.78 is 15.0. The summed E-state index contributed by atoms with van der Waals surface area (Å²) in [6.07, 6.45) is 0. The van der Waals surface area contributed by atoms with Gasteiger partial charge in [-0.1, -0.05) is 46.3 Å². The van der Waals surface area contributed by atoms with Crippen molar-refractivity contribution in [2.45, 2.75) is 13.5 Å². The molecule has 114 valence electrons. The maximum atomic E-state index is 14.1. The van der Waals surface area contributed by atoms with E-state index in [0.717, 1.165) is 26.4 Å². The second-order valence-electron chi connectivity index (χ2n) is 5.72. The lowest BCUT2D eigenvalue weighted by Gasteiger charge is -2.16. The van der Waals surface area contributed by atoms with Gasteiger partial charge in [0.15, 0.2) is 0 Å². The molecule has 2 nitrogen and oxygen atoms in total. The maximum Gasteiger partial charge on any atom is 0.259 e. The number of halogens is 2. The Labute approximate surface area is 141 Å². The number of aryl methyl sites for hydroxylation is 1. The summed E-state index contributed by atoms with van der Waals surface area (Å²) in [5.74, 6) is -0.539. The first kappa shape index (κ1) is 14.4. The molecular formula is C19H13BrFNO. The number of benzene rings is 3. The van der Waals surface area contributed by atoms with E-state index < -0.39 is 0 Å². The maximum absolute atomic E-state index is 14.1. The zero-order valence-electron chi connectivity index (χ0n) is 12.4. The van der Waals surface area contributed by atoms with Gasteiger partial charge in [-0.2, -0.15) is 0 Å². The van der Waals surface area contributed by atoms with Gasteiger partial charge in [0.25, 0.3) is 5.91 Å². The van der Waals surface area contributed by atoms with Gasteiger partial charge in [0.05, 0.1) is 12.2 Å². The van der Waals surface area contributed by atoms with Gasteiger partial charge >= 0.3 is 0 Å². The Hall–Kier alpha value is -2.20. The smallest absolute Gasteiger partial charge is 0.259 e. The molecule has 0 saturated heterocycles. The Morgan fingerprint density at radius 3 is 2.70 bits per heavy atom. The summed E-state index contributed by atoms with van der Waals surface area (Å²) in [5.41, 5.74) is 3.07. The number of hydrogen-bond donors (Lipinski definition) is 0. The molecule has 23 heavy (non-hydrogen) atoms. The van der Waals surface area contributed by atoms with E-state index in [1.54, 1.807) is 18.2 Å². The Morgan fingerprint density at radius 1 is 1.13 bits per heavy atom. The van der Waals surface area contributed by atoms with E-state index in [-0.39, 0.29) is 11.7 Å². The first-order valence-electron chi connectivity index (χ1n) is 7.35. The van der Waals surface area contributed by atoms with Crippen LogP contribution in [0.15, 0.2) is 53.0 Å². The van der Waals surface area contributed by atoms with Crippen LogP contribution in [-0.4, -0.2) is 5.91 Å². The number of anilines is 1. The molecule has 0 aliphatic carbocycles. The lowest BCUT2D eigenvalue weighted by molar-refractivity contribution is 0.0996. The van der Waals surface area contributed by atoms with Gasteiger partial charge in [0, 0.05) is 10.0 Å². The normalized spacial score (nSPS) is 13.7. The number of fused-ring (bicyclic) bond motifs is 3. The van der Waals surface area contributed by atoms with Crippen molar-refractivity contribution in [3.05, 3.63) is 75.5 Å². The molecular weight excluding hydrogens is 357 g/mol. The average Bonchev–Trinajstić information content (AvgIpc) is 2.85. The highest BCUT2D eigenvalue weighted by molar-refractivity contribution is 9.10. The summed E-state index contributed by atoms with van der Waals surface area (Å²) in [7, 11) is 0. The zero-order chi connectivity index (χ0) is 16.1. The highest BCUT2D eigenvalue weighted by Gasteiger charge is 2.32. The predicted octanol–water partition coefficient (Wildman–Crippen LogP) is 5.21. The number of rotatable bonds is 1.